The molecule has 1 aromatic heterocycles. The summed E-state index contributed by atoms with van der Waals surface area (Å²) in [6.45, 7) is -3.96. The minimum atomic E-state index is -3.96. The Hall–Kier alpha value is -0.985. The van der Waals surface area contributed by atoms with Crippen LogP contribution >= 0.6 is 47.8 Å². The van der Waals surface area contributed by atoms with Crippen molar-refractivity contribution in [1.82, 2.24) is 4.48 Å². The van der Waals surface area contributed by atoms with Gasteiger partial charge in [-0.15, -0.1) is 0 Å². The summed E-state index contributed by atoms with van der Waals surface area (Å²) in [6.07, 6.45) is 3.38. The Morgan fingerprint density at radius 1 is 0.913 bits per heavy atom. The van der Waals surface area contributed by atoms with Gasteiger partial charge >= 0.3 is 6.97 Å². The molecule has 0 bridgehead atoms. The van der Waals surface area contributed by atoms with Crippen LogP contribution < -0.4 is 0 Å². The van der Waals surface area contributed by atoms with Gasteiger partial charge in [0.2, 0.25) is 4.62 Å². The van der Waals surface area contributed by atoms with E-state index in [2.05, 4.69) is 47.8 Å². The first-order valence-corrected chi connectivity index (χ1v) is 9.19. The van der Waals surface area contributed by atoms with Crippen LogP contribution in [0.3, 0.4) is 0 Å². The fourth-order valence-corrected chi connectivity index (χ4v) is 4.45. The SMILES string of the molecule is F[B-]1(F)n2c(Br)ccc2C(c2ccc(Br)cc2)=C2C=CC(Br)=[N+]21. The van der Waals surface area contributed by atoms with Crippen molar-refractivity contribution < 1.29 is 13.1 Å². The minimum absolute atomic E-state index is 0.360. The molecule has 8 heteroatoms. The Bertz CT molecular complexity index is 927. The molecule has 3 heterocycles. The molecule has 0 saturated heterocycles. The third kappa shape index (κ3) is 2.18. The van der Waals surface area contributed by atoms with E-state index in [0.29, 0.717) is 20.6 Å². The molecule has 2 aromatic rings. The number of hydrogen-bond donors (Lipinski definition) is 0. The summed E-state index contributed by atoms with van der Waals surface area (Å²) in [5.41, 5.74) is 2.67. The van der Waals surface area contributed by atoms with Gasteiger partial charge in [0.05, 0.1) is 10.2 Å². The zero-order valence-electron chi connectivity index (χ0n) is 11.5. The van der Waals surface area contributed by atoms with Gasteiger partial charge in [-0.1, -0.05) is 28.1 Å². The summed E-state index contributed by atoms with van der Waals surface area (Å²) in [4.78, 5) is 0. The van der Waals surface area contributed by atoms with Crippen molar-refractivity contribution in [1.29, 1.82) is 0 Å². The van der Waals surface area contributed by atoms with Gasteiger partial charge < -0.3 is 17.6 Å². The van der Waals surface area contributed by atoms with E-state index in [4.69, 9.17) is 0 Å². The van der Waals surface area contributed by atoms with Gasteiger partial charge in [0, 0.05) is 38.2 Å². The maximum atomic E-state index is 15.0. The molecule has 0 spiro atoms. The molecule has 4 rings (SSSR count). The van der Waals surface area contributed by atoms with Crippen LogP contribution in [-0.2, 0) is 0 Å². The molecule has 0 N–H and O–H groups in total. The Balaban J connectivity index is 2.09. The van der Waals surface area contributed by atoms with Gasteiger partial charge in [0.1, 0.15) is 0 Å². The lowest BCUT2D eigenvalue weighted by Crippen LogP contribution is -2.50. The summed E-state index contributed by atoms with van der Waals surface area (Å²) in [7, 11) is 0. The zero-order valence-corrected chi connectivity index (χ0v) is 16.2. The van der Waals surface area contributed by atoms with Crippen LogP contribution in [0.2, 0.25) is 0 Å². The Kier molecular flexibility index (Phi) is 3.55. The number of aromatic nitrogens is 1. The van der Waals surface area contributed by atoms with Crippen molar-refractivity contribution >= 4 is 65.0 Å². The van der Waals surface area contributed by atoms with Crippen molar-refractivity contribution in [2.24, 2.45) is 0 Å². The number of allylic oxidation sites excluding steroid dienone is 2. The monoisotopic (exact) mass is 502 g/mol. The summed E-state index contributed by atoms with van der Waals surface area (Å²) in [6, 6.07) is 11.0. The molecule has 2 aliphatic rings. The highest BCUT2D eigenvalue weighted by atomic mass is 79.9. The van der Waals surface area contributed by atoms with Crippen LogP contribution in [0, 0.1) is 0 Å². The van der Waals surface area contributed by atoms with E-state index in [-0.39, 0.29) is 0 Å². The molecule has 0 fully saturated rings. The molecular weight excluding hydrogens is 497 g/mol. The van der Waals surface area contributed by atoms with Crippen LogP contribution in [-0.4, -0.2) is 20.6 Å². The summed E-state index contributed by atoms with van der Waals surface area (Å²) in [5, 5.41) is 0. The summed E-state index contributed by atoms with van der Waals surface area (Å²) >= 11 is 9.91. The van der Waals surface area contributed by atoms with Gasteiger partial charge in [-0.25, -0.2) is 0 Å². The zero-order chi connectivity index (χ0) is 16.4. The second-order valence-electron chi connectivity index (χ2n) is 5.29. The smallest absolute Gasteiger partial charge is 0.389 e. The minimum Gasteiger partial charge on any atom is -0.389 e. The first kappa shape index (κ1) is 15.5. The van der Waals surface area contributed by atoms with Crippen LogP contribution in [0.5, 0.6) is 0 Å². The maximum absolute atomic E-state index is 15.0. The normalized spacial score (nSPS) is 18.5. The Morgan fingerprint density at radius 2 is 1.61 bits per heavy atom. The molecule has 0 atom stereocenters. The Morgan fingerprint density at radius 3 is 2.30 bits per heavy atom. The second-order valence-corrected chi connectivity index (χ2v) is 7.83. The fraction of sp³-hybridized carbons (Fsp3) is 0. The number of fused-ring (bicyclic) bond motifs is 2. The van der Waals surface area contributed by atoms with E-state index in [1.54, 1.807) is 24.3 Å². The van der Waals surface area contributed by atoms with Crippen molar-refractivity contribution in [3.05, 3.63) is 74.6 Å². The maximum Gasteiger partial charge on any atom is 0.738 e. The van der Waals surface area contributed by atoms with Gasteiger partial charge in [-0.05, 0) is 45.8 Å². The van der Waals surface area contributed by atoms with Crippen LogP contribution in [0.15, 0.2) is 63.3 Å². The van der Waals surface area contributed by atoms with E-state index >= 15 is 8.63 Å². The van der Waals surface area contributed by atoms with Crippen molar-refractivity contribution in [2.45, 2.75) is 0 Å². The molecule has 0 amide bonds. The topological polar surface area (TPSA) is 7.94 Å². The molecular formula is C15H8BBr3F2N2. The van der Waals surface area contributed by atoms with Crippen molar-refractivity contribution in [3.63, 3.8) is 0 Å². The molecule has 2 nitrogen and oxygen atoms in total. The molecule has 116 valence electrons. The van der Waals surface area contributed by atoms with Crippen molar-refractivity contribution in [2.75, 3.05) is 0 Å². The van der Waals surface area contributed by atoms with Crippen LogP contribution in [0.25, 0.3) is 5.57 Å². The van der Waals surface area contributed by atoms with E-state index in [9.17, 15) is 0 Å². The van der Waals surface area contributed by atoms with E-state index in [1.165, 1.54) is 0 Å². The number of benzene rings is 1. The number of hydrogen-bond acceptors (Lipinski definition) is 0. The average molecular weight is 505 g/mol. The number of halogens is 5. The van der Waals surface area contributed by atoms with E-state index in [1.807, 2.05) is 24.3 Å². The quantitative estimate of drug-likeness (QED) is 0.461. The average Bonchev–Trinajstić information content (AvgIpc) is 3.06. The van der Waals surface area contributed by atoms with Gasteiger partial charge in [0.15, 0.2) is 5.70 Å². The van der Waals surface area contributed by atoms with Gasteiger partial charge in [-0.3, -0.25) is 0 Å². The predicted octanol–water partition coefficient (Wildman–Crippen LogP) is 5.38. The lowest BCUT2D eigenvalue weighted by atomic mass is 9.86. The highest BCUT2D eigenvalue weighted by molar-refractivity contribution is 9.18. The van der Waals surface area contributed by atoms with Crippen LogP contribution in [0.4, 0.5) is 8.63 Å². The Labute approximate surface area is 156 Å². The molecule has 0 aliphatic carbocycles. The molecule has 1 aromatic carbocycles. The summed E-state index contributed by atoms with van der Waals surface area (Å²) < 4.78 is 33.9. The first-order chi connectivity index (χ1) is 10.9. The number of nitrogens with zero attached hydrogens (tertiary/aromatic N) is 2. The number of rotatable bonds is 1. The first-order valence-electron chi connectivity index (χ1n) is 6.81. The standard InChI is InChI=1S/C15H8BBr3F2N2/c17-10-3-1-9(2-4-10)15-11-5-7-13(18)22(11)16(20,21)23-12(15)6-8-14(23)19/h1-8H. The fourth-order valence-electron chi connectivity index (χ4n) is 3.04. The molecule has 2 aliphatic heterocycles. The molecule has 0 saturated carbocycles. The predicted molar refractivity (Wildman–Crippen MR) is 99.0 cm³/mol. The van der Waals surface area contributed by atoms with Gasteiger partial charge in [-0.2, -0.15) is 0 Å². The highest BCUT2D eigenvalue weighted by Gasteiger charge is 2.54. The third-order valence-corrected chi connectivity index (χ3v) is 5.82. The van der Waals surface area contributed by atoms with E-state index < -0.39 is 6.97 Å². The van der Waals surface area contributed by atoms with Crippen LogP contribution in [0.1, 0.15) is 11.3 Å². The second kappa shape index (κ2) is 5.26. The van der Waals surface area contributed by atoms with E-state index in [0.717, 1.165) is 24.6 Å². The van der Waals surface area contributed by atoms with Crippen molar-refractivity contribution in [3.8, 4) is 0 Å². The van der Waals surface area contributed by atoms with Gasteiger partial charge in [0.25, 0.3) is 0 Å². The summed E-state index contributed by atoms with van der Waals surface area (Å²) in [5.74, 6) is 0. The molecule has 0 unspecified atom stereocenters. The molecule has 0 radical (unpaired) electrons. The third-order valence-electron chi connectivity index (χ3n) is 4.00. The lowest BCUT2D eigenvalue weighted by molar-refractivity contribution is -0.358. The highest BCUT2D eigenvalue weighted by Crippen LogP contribution is 2.42. The molecule has 23 heavy (non-hydrogen) atoms. The largest absolute Gasteiger partial charge is 0.738 e. The lowest BCUT2D eigenvalue weighted by Gasteiger charge is -2.32.